The molecule has 0 N–H and O–H groups in total. The highest BCUT2D eigenvalue weighted by Crippen LogP contribution is 2.28. The number of Topliss-reactive ketones (excluding diaryl/α,β-unsaturated/α-hetero) is 1. The van der Waals surface area contributed by atoms with Crippen molar-refractivity contribution in [2.24, 2.45) is 11.8 Å². The van der Waals surface area contributed by atoms with Gasteiger partial charge in [-0.3, -0.25) is 9.69 Å². The standard InChI is InChI=1S/C13H23NO/c1-10-11(2)14(8-7-13(10)15)9-12-5-3-4-6-12/h10-12H,3-9H2,1-2H3. The van der Waals surface area contributed by atoms with E-state index in [1.807, 2.05) is 0 Å². The average Bonchev–Trinajstić information content (AvgIpc) is 2.72. The Kier molecular flexibility index (Phi) is 3.45. The number of piperidine rings is 1. The fourth-order valence-corrected chi connectivity index (χ4v) is 3.05. The van der Waals surface area contributed by atoms with E-state index < -0.39 is 0 Å². The number of hydrogen-bond acceptors (Lipinski definition) is 2. The first-order valence-electron chi connectivity index (χ1n) is 6.45. The van der Waals surface area contributed by atoms with Gasteiger partial charge in [-0.25, -0.2) is 0 Å². The van der Waals surface area contributed by atoms with Crippen LogP contribution < -0.4 is 0 Å². The minimum absolute atomic E-state index is 0.250. The molecule has 0 spiro atoms. The molecule has 0 radical (unpaired) electrons. The Balaban J connectivity index is 1.88. The number of nitrogens with zero attached hydrogens (tertiary/aromatic N) is 1. The molecule has 86 valence electrons. The van der Waals surface area contributed by atoms with Gasteiger partial charge in [-0.2, -0.15) is 0 Å². The van der Waals surface area contributed by atoms with Crippen LogP contribution in [0.4, 0.5) is 0 Å². The second-order valence-electron chi connectivity index (χ2n) is 5.39. The maximum Gasteiger partial charge on any atom is 0.138 e. The topological polar surface area (TPSA) is 20.3 Å². The lowest BCUT2D eigenvalue weighted by atomic mass is 9.90. The smallest absolute Gasteiger partial charge is 0.138 e. The van der Waals surface area contributed by atoms with Crippen molar-refractivity contribution in [2.45, 2.75) is 52.0 Å². The highest BCUT2D eigenvalue weighted by Gasteiger charge is 2.32. The van der Waals surface area contributed by atoms with Crippen molar-refractivity contribution in [3.63, 3.8) is 0 Å². The van der Waals surface area contributed by atoms with Crippen molar-refractivity contribution in [2.75, 3.05) is 13.1 Å². The molecule has 0 bridgehead atoms. The summed E-state index contributed by atoms with van der Waals surface area (Å²) in [4.78, 5) is 14.1. The molecule has 0 amide bonds. The number of rotatable bonds is 2. The Morgan fingerprint density at radius 3 is 2.60 bits per heavy atom. The van der Waals surface area contributed by atoms with Crippen molar-refractivity contribution in [1.82, 2.24) is 4.90 Å². The Morgan fingerprint density at radius 1 is 1.27 bits per heavy atom. The van der Waals surface area contributed by atoms with Crippen molar-refractivity contribution in [3.05, 3.63) is 0 Å². The van der Waals surface area contributed by atoms with E-state index >= 15 is 0 Å². The van der Waals surface area contributed by atoms with Gasteiger partial charge in [-0.1, -0.05) is 19.8 Å². The molecule has 0 aromatic heterocycles. The van der Waals surface area contributed by atoms with Crippen LogP contribution in [0.25, 0.3) is 0 Å². The zero-order chi connectivity index (χ0) is 10.8. The maximum absolute atomic E-state index is 11.6. The molecule has 1 heterocycles. The van der Waals surface area contributed by atoms with Crippen LogP contribution in [-0.2, 0) is 4.79 Å². The Labute approximate surface area is 93.0 Å². The first-order chi connectivity index (χ1) is 7.18. The second-order valence-corrected chi connectivity index (χ2v) is 5.39. The third-order valence-electron chi connectivity index (χ3n) is 4.42. The molecular formula is C13H23NO. The summed E-state index contributed by atoms with van der Waals surface area (Å²) in [6.45, 7) is 6.55. The highest BCUT2D eigenvalue weighted by molar-refractivity contribution is 5.82. The van der Waals surface area contributed by atoms with Gasteiger partial charge in [0, 0.05) is 31.5 Å². The summed E-state index contributed by atoms with van der Waals surface area (Å²) in [5, 5.41) is 0. The molecule has 0 aromatic rings. The summed E-state index contributed by atoms with van der Waals surface area (Å²) >= 11 is 0. The third kappa shape index (κ3) is 2.41. The largest absolute Gasteiger partial charge is 0.299 e. The van der Waals surface area contributed by atoms with E-state index in [-0.39, 0.29) is 5.92 Å². The molecule has 2 nitrogen and oxygen atoms in total. The lowest BCUT2D eigenvalue weighted by Crippen LogP contribution is -2.48. The molecule has 2 rings (SSSR count). The highest BCUT2D eigenvalue weighted by atomic mass is 16.1. The number of carbonyl (C=O) groups is 1. The van der Waals surface area contributed by atoms with Crippen LogP contribution in [0.1, 0.15) is 46.0 Å². The Bertz CT molecular complexity index is 233. The third-order valence-corrected chi connectivity index (χ3v) is 4.42. The van der Waals surface area contributed by atoms with Gasteiger partial charge in [0.25, 0.3) is 0 Å². The molecule has 1 aliphatic heterocycles. The van der Waals surface area contributed by atoms with Crippen molar-refractivity contribution < 1.29 is 4.79 Å². The van der Waals surface area contributed by atoms with Crippen molar-refractivity contribution in [1.29, 1.82) is 0 Å². The van der Waals surface area contributed by atoms with Crippen LogP contribution in [-0.4, -0.2) is 29.8 Å². The summed E-state index contributed by atoms with van der Waals surface area (Å²) in [7, 11) is 0. The predicted octanol–water partition coefficient (Wildman–Crippen LogP) is 2.48. The molecule has 2 heteroatoms. The molecular weight excluding hydrogens is 186 g/mol. The summed E-state index contributed by atoms with van der Waals surface area (Å²) in [6, 6.07) is 0.465. The van der Waals surface area contributed by atoms with Gasteiger partial charge in [0.1, 0.15) is 5.78 Å². The van der Waals surface area contributed by atoms with Gasteiger partial charge in [-0.05, 0) is 25.7 Å². The lowest BCUT2D eigenvalue weighted by Gasteiger charge is -2.38. The van der Waals surface area contributed by atoms with E-state index in [2.05, 4.69) is 18.7 Å². The van der Waals surface area contributed by atoms with Gasteiger partial charge in [0.2, 0.25) is 0 Å². The minimum Gasteiger partial charge on any atom is -0.299 e. The van der Waals surface area contributed by atoms with E-state index in [1.54, 1.807) is 0 Å². The molecule has 15 heavy (non-hydrogen) atoms. The van der Waals surface area contributed by atoms with E-state index in [4.69, 9.17) is 0 Å². The quantitative estimate of drug-likeness (QED) is 0.696. The van der Waals surface area contributed by atoms with E-state index in [0.29, 0.717) is 11.8 Å². The predicted molar refractivity (Wildman–Crippen MR) is 61.8 cm³/mol. The number of carbonyl (C=O) groups excluding carboxylic acids is 1. The molecule has 0 aromatic carbocycles. The van der Waals surface area contributed by atoms with E-state index in [9.17, 15) is 4.79 Å². The average molecular weight is 209 g/mol. The van der Waals surface area contributed by atoms with Crippen LogP contribution in [0.3, 0.4) is 0 Å². The van der Waals surface area contributed by atoms with Gasteiger partial charge in [0.15, 0.2) is 0 Å². The summed E-state index contributed by atoms with van der Waals surface area (Å²) < 4.78 is 0. The minimum atomic E-state index is 0.250. The van der Waals surface area contributed by atoms with Crippen LogP contribution in [0.5, 0.6) is 0 Å². The molecule has 1 saturated heterocycles. The van der Waals surface area contributed by atoms with E-state index in [0.717, 1.165) is 18.9 Å². The van der Waals surface area contributed by atoms with Crippen molar-refractivity contribution in [3.8, 4) is 0 Å². The molecule has 2 unspecified atom stereocenters. The van der Waals surface area contributed by atoms with Gasteiger partial charge >= 0.3 is 0 Å². The lowest BCUT2D eigenvalue weighted by molar-refractivity contribution is -0.128. The molecule has 1 saturated carbocycles. The fourth-order valence-electron chi connectivity index (χ4n) is 3.05. The fraction of sp³-hybridized carbons (Fsp3) is 0.923. The summed E-state index contributed by atoms with van der Waals surface area (Å²) in [6.07, 6.45) is 6.43. The first-order valence-corrected chi connectivity index (χ1v) is 6.45. The van der Waals surface area contributed by atoms with Gasteiger partial charge < -0.3 is 0 Å². The zero-order valence-corrected chi connectivity index (χ0v) is 10.0. The summed E-state index contributed by atoms with van der Waals surface area (Å²) in [5.41, 5.74) is 0. The van der Waals surface area contributed by atoms with Gasteiger partial charge in [-0.15, -0.1) is 0 Å². The second kappa shape index (κ2) is 4.65. The summed E-state index contributed by atoms with van der Waals surface area (Å²) in [5.74, 6) is 1.62. The Morgan fingerprint density at radius 2 is 1.93 bits per heavy atom. The molecule has 2 fully saturated rings. The van der Waals surface area contributed by atoms with E-state index in [1.165, 1.54) is 32.2 Å². The maximum atomic E-state index is 11.6. The molecule has 2 atom stereocenters. The van der Waals surface area contributed by atoms with Crippen LogP contribution in [0, 0.1) is 11.8 Å². The Hall–Kier alpha value is -0.370. The molecule has 1 aliphatic carbocycles. The number of ketones is 1. The SMILES string of the molecule is CC1C(=O)CCN(CC2CCCC2)C1C. The zero-order valence-electron chi connectivity index (χ0n) is 10.0. The number of hydrogen-bond donors (Lipinski definition) is 0. The molecule has 2 aliphatic rings. The van der Waals surface area contributed by atoms with Crippen LogP contribution >= 0.6 is 0 Å². The monoisotopic (exact) mass is 209 g/mol. The number of likely N-dealkylation sites (tertiary alicyclic amines) is 1. The van der Waals surface area contributed by atoms with Gasteiger partial charge in [0.05, 0.1) is 0 Å². The first kappa shape index (κ1) is 11.1. The van der Waals surface area contributed by atoms with Crippen molar-refractivity contribution >= 4 is 5.78 Å². The van der Waals surface area contributed by atoms with Crippen LogP contribution in [0.15, 0.2) is 0 Å². The van der Waals surface area contributed by atoms with Crippen LogP contribution in [0.2, 0.25) is 0 Å². The normalized spacial score (nSPS) is 34.9.